The molecular weight excluding hydrogens is 878 g/mol. The van der Waals surface area contributed by atoms with Gasteiger partial charge in [-0.25, -0.2) is 4.39 Å². The van der Waals surface area contributed by atoms with Crippen molar-refractivity contribution in [3.63, 3.8) is 0 Å². The van der Waals surface area contributed by atoms with Gasteiger partial charge in [0, 0.05) is 69.9 Å². The smallest absolute Gasteiger partial charge is 0.123 e. The highest BCUT2D eigenvalue weighted by molar-refractivity contribution is 7.26. The van der Waals surface area contributed by atoms with E-state index in [-0.39, 0.29) is 94.7 Å². The van der Waals surface area contributed by atoms with Crippen molar-refractivity contribution < 1.29 is 4.39 Å². The fourth-order valence-corrected chi connectivity index (χ4v) is 10.6. The minimum atomic E-state index is -0.416. The van der Waals surface area contributed by atoms with Crippen LogP contribution < -0.4 is 0 Å². The van der Waals surface area contributed by atoms with Gasteiger partial charge in [0.05, 0.1) is 133 Å². The lowest BCUT2D eigenvalue weighted by Crippen LogP contribution is -2.05. The Labute approximate surface area is 395 Å². The molecule has 0 unspecified atom stereocenters. The summed E-state index contributed by atoms with van der Waals surface area (Å²) in [6.45, 7) is 0. The summed E-state index contributed by atoms with van der Waals surface area (Å²) in [6.07, 6.45) is 1.58. The van der Waals surface area contributed by atoms with Gasteiger partial charge in [-0.15, -0.1) is 11.3 Å². The molecular formula is C56H20FN11S. The van der Waals surface area contributed by atoms with E-state index in [2.05, 4.69) is 36.4 Å². The van der Waals surface area contributed by atoms with Crippen molar-refractivity contribution in [2.45, 2.75) is 0 Å². The summed E-state index contributed by atoms with van der Waals surface area (Å²) in [4.78, 5) is 5.11. The standard InChI is InChI=1S/C56H20FN11S/c57-39-9-12-46-43(19-39)41-5-1-3-7-45(41)68(46)40-10-11-44(67-29-40)52-54(49-35(25-63)15-31(21-59)16-36(49)26-64)53(48-33(23-61)13-30(20-58)14-34(48)24-62)51-42-6-2-4-8-47(42)69-56(51)55(52)50-37(27-65)17-32(22-60)18-38(50)28-66/h1-19,29H. The average molecular weight is 898 g/mol. The Hall–Kier alpha value is -11.0. The van der Waals surface area contributed by atoms with Crippen molar-refractivity contribution in [1.29, 1.82) is 47.4 Å². The Kier molecular flexibility index (Phi) is 10.1. The van der Waals surface area contributed by atoms with Gasteiger partial charge in [-0.3, -0.25) is 4.98 Å². The first-order valence-corrected chi connectivity index (χ1v) is 21.4. The molecule has 312 valence electrons. The number of hydrogen-bond donors (Lipinski definition) is 0. The molecule has 69 heavy (non-hydrogen) atoms. The highest BCUT2D eigenvalue weighted by Gasteiger charge is 2.34. The number of aromatic nitrogens is 2. The van der Waals surface area contributed by atoms with E-state index in [4.69, 9.17) is 4.98 Å². The van der Waals surface area contributed by atoms with Crippen LogP contribution in [0.5, 0.6) is 0 Å². The molecule has 0 atom stereocenters. The van der Waals surface area contributed by atoms with Crippen molar-refractivity contribution in [2.75, 3.05) is 0 Å². The zero-order valence-corrected chi connectivity index (χ0v) is 36.1. The zero-order valence-electron chi connectivity index (χ0n) is 35.3. The van der Waals surface area contributed by atoms with Gasteiger partial charge < -0.3 is 4.57 Å². The average Bonchev–Trinajstić information content (AvgIpc) is 3.94. The van der Waals surface area contributed by atoms with Crippen molar-refractivity contribution in [3.05, 3.63) is 177 Å². The fraction of sp³-hybridized carbons (Fsp3) is 0. The number of benzene rings is 7. The maximum absolute atomic E-state index is 14.8. The number of pyridine rings is 1. The molecule has 0 saturated heterocycles. The minimum absolute atomic E-state index is 0.00908. The molecule has 0 fully saturated rings. The van der Waals surface area contributed by atoms with Crippen LogP contribution in [0.2, 0.25) is 0 Å². The molecule has 0 amide bonds. The van der Waals surface area contributed by atoms with E-state index in [1.807, 2.05) is 65.2 Å². The van der Waals surface area contributed by atoms with Gasteiger partial charge in [-0.2, -0.15) is 47.4 Å². The third-order valence-electron chi connectivity index (χ3n) is 12.0. The van der Waals surface area contributed by atoms with Crippen molar-refractivity contribution in [1.82, 2.24) is 9.55 Å². The lowest BCUT2D eigenvalue weighted by Gasteiger charge is -2.25. The second-order valence-corrected chi connectivity index (χ2v) is 16.6. The number of thiophene rings is 1. The summed E-state index contributed by atoms with van der Waals surface area (Å²) in [5.41, 5.74) is 2.45. The lowest BCUT2D eigenvalue weighted by atomic mass is 9.76. The summed E-state index contributed by atoms with van der Waals surface area (Å²) in [7, 11) is 0. The molecule has 3 heterocycles. The first kappa shape index (κ1) is 42.0. The Balaban J connectivity index is 1.51. The highest BCUT2D eigenvalue weighted by Crippen LogP contribution is 2.57. The van der Waals surface area contributed by atoms with Gasteiger partial charge in [0.1, 0.15) is 5.82 Å². The van der Waals surface area contributed by atoms with Gasteiger partial charge in [-0.1, -0.05) is 36.4 Å². The van der Waals surface area contributed by atoms with Gasteiger partial charge in [-0.05, 0) is 78.9 Å². The quantitative estimate of drug-likeness (QED) is 0.158. The number of rotatable bonds is 5. The molecule has 13 heteroatoms. The summed E-state index contributed by atoms with van der Waals surface area (Å²) in [5, 5.41) is 98.6. The van der Waals surface area contributed by atoms with Crippen LogP contribution in [0.1, 0.15) is 50.1 Å². The fourth-order valence-electron chi connectivity index (χ4n) is 9.30. The molecule has 11 nitrogen and oxygen atoms in total. The zero-order chi connectivity index (χ0) is 48.1. The van der Waals surface area contributed by atoms with E-state index in [0.717, 1.165) is 10.9 Å². The van der Waals surface area contributed by atoms with Crippen LogP contribution in [-0.4, -0.2) is 9.55 Å². The first-order valence-electron chi connectivity index (χ1n) is 20.6. The summed E-state index contributed by atoms with van der Waals surface area (Å²) < 4.78 is 17.8. The Morgan fingerprint density at radius 3 is 1.41 bits per heavy atom. The summed E-state index contributed by atoms with van der Waals surface area (Å²) in [6, 6.07) is 50.0. The molecule has 7 aromatic carbocycles. The number of fused-ring (bicyclic) bond motifs is 6. The number of nitrogens with zero attached hydrogens (tertiary/aromatic N) is 11. The third kappa shape index (κ3) is 6.42. The predicted octanol–water partition coefficient (Wildman–Crippen LogP) is 12.2. The Morgan fingerprint density at radius 2 is 0.899 bits per heavy atom. The van der Waals surface area contributed by atoms with Crippen LogP contribution >= 0.6 is 11.3 Å². The topological polar surface area (TPSA) is 232 Å². The van der Waals surface area contributed by atoms with E-state index in [9.17, 15) is 51.7 Å². The molecule has 0 aliphatic carbocycles. The number of hydrogen-bond acceptors (Lipinski definition) is 11. The molecule has 0 bridgehead atoms. The van der Waals surface area contributed by atoms with E-state index in [0.29, 0.717) is 36.8 Å². The van der Waals surface area contributed by atoms with Crippen LogP contribution in [0.4, 0.5) is 4.39 Å². The van der Waals surface area contributed by atoms with Crippen molar-refractivity contribution >= 4 is 53.3 Å². The van der Waals surface area contributed by atoms with Crippen molar-refractivity contribution in [3.8, 4) is 105 Å². The largest absolute Gasteiger partial charge is 0.308 e. The molecule has 10 rings (SSSR count). The Bertz CT molecular complexity index is 4270. The second kappa shape index (κ2) is 16.6. The monoisotopic (exact) mass is 897 g/mol. The van der Waals surface area contributed by atoms with Crippen LogP contribution in [0.3, 0.4) is 0 Å². The van der Waals surface area contributed by atoms with Crippen LogP contribution in [-0.2, 0) is 0 Å². The second-order valence-electron chi connectivity index (χ2n) is 15.6. The van der Waals surface area contributed by atoms with Gasteiger partial charge in [0.2, 0.25) is 0 Å². The van der Waals surface area contributed by atoms with Crippen LogP contribution in [0, 0.1) is 108 Å². The molecule has 10 aromatic rings. The maximum atomic E-state index is 14.8. The highest BCUT2D eigenvalue weighted by atomic mass is 32.1. The lowest BCUT2D eigenvalue weighted by molar-refractivity contribution is 0.629. The molecule has 0 radical (unpaired) electrons. The predicted molar refractivity (Wildman–Crippen MR) is 256 cm³/mol. The van der Waals surface area contributed by atoms with Gasteiger partial charge in [0.15, 0.2) is 0 Å². The normalized spacial score (nSPS) is 10.6. The molecule has 0 spiro atoms. The number of nitriles is 9. The molecule has 0 N–H and O–H groups in total. The molecule has 0 aliphatic heterocycles. The Morgan fingerprint density at radius 1 is 0.420 bits per heavy atom. The maximum Gasteiger partial charge on any atom is 0.123 e. The van der Waals surface area contributed by atoms with Crippen LogP contribution in [0.25, 0.3) is 92.3 Å². The SMILES string of the molecule is N#Cc1cc(C#N)c(-c2c(-c3ccc(-n4c5ccccc5c5cc(F)ccc54)cn3)c(-c3c(C#N)cc(C#N)cc3C#N)c3sc4ccccc4c3c2-c2c(C#N)cc(C#N)cc2C#N)c(C#N)c1. The first-order chi connectivity index (χ1) is 33.7. The molecule has 3 aromatic heterocycles. The minimum Gasteiger partial charge on any atom is -0.308 e. The van der Waals surface area contributed by atoms with Crippen LogP contribution in [0.15, 0.2) is 121 Å². The van der Waals surface area contributed by atoms with E-state index in [1.54, 1.807) is 30.5 Å². The van der Waals surface area contributed by atoms with Gasteiger partial charge >= 0.3 is 0 Å². The van der Waals surface area contributed by atoms with Gasteiger partial charge in [0.25, 0.3) is 0 Å². The van der Waals surface area contributed by atoms with E-state index < -0.39 is 5.82 Å². The summed E-state index contributed by atoms with van der Waals surface area (Å²) in [5.74, 6) is -0.416. The summed E-state index contributed by atoms with van der Waals surface area (Å²) >= 11 is 1.28. The number of halogens is 1. The van der Waals surface area contributed by atoms with E-state index in [1.165, 1.54) is 59.9 Å². The third-order valence-corrected chi connectivity index (χ3v) is 13.2. The molecule has 0 aliphatic rings. The molecule has 0 saturated carbocycles. The van der Waals surface area contributed by atoms with Crippen molar-refractivity contribution in [2.24, 2.45) is 0 Å². The number of para-hydroxylation sites is 1. The van der Waals surface area contributed by atoms with E-state index >= 15 is 0 Å².